The lowest BCUT2D eigenvalue weighted by Crippen LogP contribution is -2.50. The van der Waals surface area contributed by atoms with Crippen LogP contribution in [0.15, 0.2) is 18.2 Å². The lowest BCUT2D eigenvalue weighted by Gasteiger charge is -2.39. The number of amides is 1. The highest BCUT2D eigenvalue weighted by Crippen LogP contribution is 2.42. The third-order valence-corrected chi connectivity index (χ3v) is 7.48. The maximum absolute atomic E-state index is 14.3. The van der Waals surface area contributed by atoms with Crippen molar-refractivity contribution < 1.29 is 49.9 Å². The van der Waals surface area contributed by atoms with Crippen LogP contribution in [0.1, 0.15) is 44.1 Å². The molecule has 3 aliphatic rings. The molecule has 1 aromatic rings. The predicted octanol–water partition coefficient (Wildman–Crippen LogP) is 5.15. The molecule has 3 aliphatic heterocycles. The Hall–Kier alpha value is -2.86. The number of hydrogen-bond donors (Lipinski definition) is 0. The summed E-state index contributed by atoms with van der Waals surface area (Å²) < 4.78 is 94.4. The maximum Gasteiger partial charge on any atom is 0.434 e. The smallest absolute Gasteiger partial charge is 0.426 e. The standard InChI is InChI=1S/C24H30F7N3O2.CO2/c25-18-12-17(13-19(14-18)33-7-2-1-3-8-33)15-32-9-4-22(16-32)5-10-34(11-6-22)21(35)36-20(23(26,27)28)24(29,30)31;2-1-3/h12-14,20H,1-11,15-16H2;. The first-order valence-electron chi connectivity index (χ1n) is 12.6. The highest BCUT2D eigenvalue weighted by atomic mass is 19.4. The topological polar surface area (TPSA) is 70.2 Å². The number of benzene rings is 1. The Balaban J connectivity index is 0.00000134. The van der Waals surface area contributed by atoms with Crippen molar-refractivity contribution in [1.29, 1.82) is 0 Å². The molecule has 39 heavy (non-hydrogen) atoms. The molecule has 1 aromatic carbocycles. The Morgan fingerprint density at radius 1 is 0.897 bits per heavy atom. The van der Waals surface area contributed by atoms with Crippen molar-refractivity contribution in [2.24, 2.45) is 5.41 Å². The van der Waals surface area contributed by atoms with Crippen molar-refractivity contribution in [3.05, 3.63) is 29.6 Å². The van der Waals surface area contributed by atoms with Gasteiger partial charge >= 0.3 is 24.6 Å². The highest BCUT2D eigenvalue weighted by Gasteiger charge is 2.60. The molecule has 0 radical (unpaired) electrons. The molecule has 0 unspecified atom stereocenters. The van der Waals surface area contributed by atoms with Crippen molar-refractivity contribution in [2.45, 2.75) is 63.5 Å². The average molecular weight is 570 g/mol. The number of carbonyl (C=O) groups excluding carboxylic acids is 3. The van der Waals surface area contributed by atoms with Crippen LogP contribution in [0, 0.1) is 11.2 Å². The van der Waals surface area contributed by atoms with Crippen LogP contribution in [-0.2, 0) is 20.9 Å². The maximum atomic E-state index is 14.3. The minimum Gasteiger partial charge on any atom is -0.426 e. The molecule has 7 nitrogen and oxygen atoms in total. The van der Waals surface area contributed by atoms with Crippen molar-refractivity contribution >= 4 is 17.9 Å². The van der Waals surface area contributed by atoms with Crippen molar-refractivity contribution in [2.75, 3.05) is 44.2 Å². The van der Waals surface area contributed by atoms with Gasteiger partial charge in [-0.1, -0.05) is 0 Å². The third kappa shape index (κ3) is 8.31. The van der Waals surface area contributed by atoms with E-state index in [1.807, 2.05) is 6.07 Å². The lowest BCUT2D eigenvalue weighted by molar-refractivity contribution is -0.308. The van der Waals surface area contributed by atoms with Gasteiger partial charge in [-0.15, -0.1) is 0 Å². The van der Waals surface area contributed by atoms with E-state index in [4.69, 9.17) is 9.59 Å². The largest absolute Gasteiger partial charge is 0.434 e. The summed E-state index contributed by atoms with van der Waals surface area (Å²) in [4.78, 5) is 33.6. The molecular weight excluding hydrogens is 539 g/mol. The molecule has 1 spiro atoms. The van der Waals surface area contributed by atoms with Crippen molar-refractivity contribution in [3.8, 4) is 0 Å². The Labute approximate surface area is 220 Å². The SMILES string of the molecule is O=C(OC(C(F)(F)F)C(F)(F)F)N1CCC2(CCN(Cc3cc(F)cc(N4CCCCC4)c3)C2)CC1.O=C=O. The number of rotatable bonds is 4. The second-order valence-corrected chi connectivity index (χ2v) is 10.2. The van der Waals surface area contributed by atoms with Crippen LogP contribution in [0.4, 0.5) is 41.2 Å². The van der Waals surface area contributed by atoms with Crippen LogP contribution in [0.3, 0.4) is 0 Å². The van der Waals surface area contributed by atoms with Crippen molar-refractivity contribution in [3.63, 3.8) is 0 Å². The van der Waals surface area contributed by atoms with Gasteiger partial charge in [0.1, 0.15) is 5.82 Å². The van der Waals surface area contributed by atoms with Crippen LogP contribution in [-0.4, -0.2) is 79.8 Å². The van der Waals surface area contributed by atoms with Gasteiger partial charge in [-0.25, -0.2) is 9.18 Å². The van der Waals surface area contributed by atoms with Gasteiger partial charge in [-0.3, -0.25) is 4.90 Å². The number of piperidine rings is 2. The molecule has 218 valence electrons. The molecule has 14 heteroatoms. The molecule has 3 saturated heterocycles. The van der Waals surface area contributed by atoms with Crippen LogP contribution < -0.4 is 4.90 Å². The summed E-state index contributed by atoms with van der Waals surface area (Å²) in [5.41, 5.74) is 1.55. The first kappa shape index (κ1) is 30.7. The van der Waals surface area contributed by atoms with Gasteiger partial charge in [0.2, 0.25) is 0 Å². The summed E-state index contributed by atoms with van der Waals surface area (Å²) in [7, 11) is 0. The Kier molecular flexibility index (Phi) is 9.87. The molecule has 4 rings (SSSR count). The van der Waals surface area contributed by atoms with Gasteiger partial charge in [0.15, 0.2) is 0 Å². The van der Waals surface area contributed by atoms with E-state index < -0.39 is 24.5 Å². The Morgan fingerprint density at radius 3 is 2.03 bits per heavy atom. The zero-order valence-electron chi connectivity index (χ0n) is 21.1. The van der Waals surface area contributed by atoms with E-state index in [9.17, 15) is 35.5 Å². The molecule has 3 heterocycles. The van der Waals surface area contributed by atoms with E-state index in [2.05, 4.69) is 14.5 Å². The molecule has 0 aromatic heterocycles. The summed E-state index contributed by atoms with van der Waals surface area (Å²) >= 11 is 0. The first-order chi connectivity index (χ1) is 18.3. The van der Waals surface area contributed by atoms with Gasteiger partial charge in [0.25, 0.3) is 6.10 Å². The fraction of sp³-hybridized carbons (Fsp3) is 0.680. The van der Waals surface area contributed by atoms with E-state index in [1.165, 1.54) is 12.5 Å². The monoisotopic (exact) mass is 569 g/mol. The molecule has 0 atom stereocenters. The summed E-state index contributed by atoms with van der Waals surface area (Å²) in [5.74, 6) is -0.287. The third-order valence-electron chi connectivity index (χ3n) is 7.48. The van der Waals surface area contributed by atoms with E-state index >= 15 is 0 Å². The second kappa shape index (κ2) is 12.5. The first-order valence-corrected chi connectivity index (χ1v) is 12.6. The zero-order chi connectivity index (χ0) is 28.8. The molecule has 3 fully saturated rings. The number of alkyl halides is 6. The summed E-state index contributed by atoms with van der Waals surface area (Å²) in [6.45, 7) is 3.80. The summed E-state index contributed by atoms with van der Waals surface area (Å²) in [5, 5.41) is 0. The molecule has 0 aliphatic carbocycles. The van der Waals surface area contributed by atoms with E-state index in [1.54, 1.807) is 6.07 Å². The van der Waals surface area contributed by atoms with Crippen LogP contribution in [0.2, 0.25) is 0 Å². The molecule has 0 bridgehead atoms. The van der Waals surface area contributed by atoms with Gasteiger partial charge in [-0.05, 0) is 74.2 Å². The predicted molar refractivity (Wildman–Crippen MR) is 123 cm³/mol. The number of carbonyl (C=O) groups is 1. The zero-order valence-corrected chi connectivity index (χ0v) is 21.1. The van der Waals surface area contributed by atoms with Crippen molar-refractivity contribution in [1.82, 2.24) is 9.80 Å². The Morgan fingerprint density at radius 2 is 1.46 bits per heavy atom. The minimum absolute atomic E-state index is 0.0220. The molecule has 1 amide bonds. The van der Waals surface area contributed by atoms with E-state index in [0.29, 0.717) is 25.9 Å². The van der Waals surface area contributed by atoms with E-state index in [-0.39, 0.29) is 30.5 Å². The fourth-order valence-electron chi connectivity index (χ4n) is 5.55. The number of ether oxygens (including phenoxy) is 1. The van der Waals surface area contributed by atoms with Gasteiger partial charge in [0.05, 0.1) is 0 Å². The minimum atomic E-state index is -5.73. The number of halogens is 7. The van der Waals surface area contributed by atoms with E-state index in [0.717, 1.165) is 55.0 Å². The van der Waals surface area contributed by atoms with Gasteiger partial charge < -0.3 is 14.5 Å². The quantitative estimate of drug-likeness (QED) is 0.468. The molecule has 0 N–H and O–H groups in total. The summed E-state index contributed by atoms with van der Waals surface area (Å²) in [6.07, 6.45) is -11.9. The summed E-state index contributed by atoms with van der Waals surface area (Å²) in [6, 6.07) is 5.09. The Bertz CT molecular complexity index is 1000. The second-order valence-electron chi connectivity index (χ2n) is 10.2. The van der Waals surface area contributed by atoms with Crippen LogP contribution in [0.5, 0.6) is 0 Å². The highest BCUT2D eigenvalue weighted by molar-refractivity contribution is 5.68. The van der Waals surface area contributed by atoms with Crippen LogP contribution in [0.25, 0.3) is 0 Å². The molecular formula is C25H30F7N3O4. The normalized spacial score (nSPS) is 20.0. The molecule has 0 saturated carbocycles. The number of hydrogen-bond acceptors (Lipinski definition) is 6. The number of likely N-dealkylation sites (tertiary alicyclic amines) is 2. The number of nitrogens with zero attached hydrogens (tertiary/aromatic N) is 3. The van der Waals surface area contributed by atoms with Gasteiger partial charge in [0, 0.05) is 45.0 Å². The van der Waals surface area contributed by atoms with Crippen LogP contribution >= 0.6 is 0 Å². The number of anilines is 1. The fourth-order valence-corrected chi connectivity index (χ4v) is 5.55. The lowest BCUT2D eigenvalue weighted by atomic mass is 9.78. The van der Waals surface area contributed by atoms with Gasteiger partial charge in [-0.2, -0.15) is 35.9 Å². The average Bonchev–Trinajstić information content (AvgIpc) is 3.23.